The second-order valence-corrected chi connectivity index (χ2v) is 8.28. The van der Waals surface area contributed by atoms with Crippen LogP contribution >= 0.6 is 0 Å². The van der Waals surface area contributed by atoms with Gasteiger partial charge >= 0.3 is 0 Å². The number of hydrogen-bond acceptors (Lipinski definition) is 3. The number of carbonyl (C=O) groups excluding carboxylic acids is 1. The molecule has 0 saturated heterocycles. The first kappa shape index (κ1) is 20.9. The van der Waals surface area contributed by atoms with Crippen LogP contribution < -0.4 is 0 Å². The summed E-state index contributed by atoms with van der Waals surface area (Å²) in [7, 11) is 0. The Labute approximate surface area is 183 Å². The third kappa shape index (κ3) is 3.23. The van der Waals surface area contributed by atoms with Crippen LogP contribution in [0.4, 0.5) is 0 Å². The largest absolute Gasteiger partial charge is 0.506 e. The fourth-order valence-electron chi connectivity index (χ4n) is 4.70. The van der Waals surface area contributed by atoms with Gasteiger partial charge in [0, 0.05) is 18.0 Å². The van der Waals surface area contributed by atoms with Gasteiger partial charge in [-0.3, -0.25) is 9.79 Å². The zero-order chi connectivity index (χ0) is 22.4. The molecule has 2 aliphatic rings. The Morgan fingerprint density at radius 1 is 1.10 bits per heavy atom. The number of aromatic nitrogens is 1. The molecule has 0 radical (unpaired) electrons. The molecule has 0 fully saturated rings. The van der Waals surface area contributed by atoms with Gasteiger partial charge in [-0.15, -0.1) is 0 Å². The average molecular weight is 413 g/mol. The van der Waals surface area contributed by atoms with Gasteiger partial charge in [-0.2, -0.15) is 0 Å². The van der Waals surface area contributed by atoms with Crippen molar-refractivity contribution in [2.45, 2.75) is 47.6 Å². The van der Waals surface area contributed by atoms with Crippen molar-refractivity contribution < 1.29 is 9.90 Å². The molecule has 2 heterocycles. The second kappa shape index (κ2) is 7.69. The molecule has 0 bridgehead atoms. The molecule has 1 aromatic carbocycles. The number of aliphatic imine (C=N–C) groups is 1. The molecule has 0 atom stereocenters. The molecular formula is C27H28N2O2. The van der Waals surface area contributed by atoms with Crippen LogP contribution in [0.1, 0.15) is 54.4 Å². The highest BCUT2D eigenvalue weighted by molar-refractivity contribution is 6.39. The summed E-state index contributed by atoms with van der Waals surface area (Å²) in [6, 6.07) is 8.24. The molecule has 2 aromatic rings. The van der Waals surface area contributed by atoms with Crippen LogP contribution in [0.25, 0.3) is 11.6 Å². The van der Waals surface area contributed by atoms with Crippen molar-refractivity contribution in [1.82, 2.24) is 4.57 Å². The Hall–Kier alpha value is -3.40. The number of Topliss-reactive ketones (excluding diaryl/α,β-unsaturated/α-hetero) is 1. The van der Waals surface area contributed by atoms with Crippen LogP contribution in [0.3, 0.4) is 0 Å². The molecule has 0 saturated carbocycles. The highest BCUT2D eigenvalue weighted by Crippen LogP contribution is 2.43. The molecule has 1 aliphatic heterocycles. The molecule has 0 spiro atoms. The number of aliphatic hydroxyl groups excluding tert-OH is 1. The van der Waals surface area contributed by atoms with E-state index in [1.807, 2.05) is 45.1 Å². The number of rotatable bonds is 5. The van der Waals surface area contributed by atoms with E-state index < -0.39 is 0 Å². The molecule has 31 heavy (non-hydrogen) atoms. The molecule has 4 nitrogen and oxygen atoms in total. The average Bonchev–Trinajstić information content (AvgIpc) is 3.18. The summed E-state index contributed by atoms with van der Waals surface area (Å²) in [5.41, 5.74) is 9.50. The van der Waals surface area contributed by atoms with Gasteiger partial charge in [-0.25, -0.2) is 0 Å². The first-order valence-corrected chi connectivity index (χ1v) is 10.6. The maximum Gasteiger partial charge on any atom is 0.204 e. The summed E-state index contributed by atoms with van der Waals surface area (Å²) in [6.07, 6.45) is 4.62. The number of aliphatic hydroxyl groups is 1. The topological polar surface area (TPSA) is 54.6 Å². The van der Waals surface area contributed by atoms with Crippen molar-refractivity contribution in [2.24, 2.45) is 4.99 Å². The number of hydrogen-bond donors (Lipinski definition) is 1. The summed E-state index contributed by atoms with van der Waals surface area (Å²) in [5, 5.41) is 11.0. The van der Waals surface area contributed by atoms with Crippen molar-refractivity contribution >= 4 is 23.1 Å². The zero-order valence-electron chi connectivity index (χ0n) is 18.8. The van der Waals surface area contributed by atoms with Gasteiger partial charge in [0.05, 0.1) is 22.5 Å². The summed E-state index contributed by atoms with van der Waals surface area (Å²) < 4.78 is 2.16. The van der Waals surface area contributed by atoms with Crippen molar-refractivity contribution in [3.63, 3.8) is 0 Å². The lowest BCUT2D eigenvalue weighted by atomic mass is 9.82. The summed E-state index contributed by atoms with van der Waals surface area (Å²) in [5.74, 6) is -0.0806. The first-order valence-electron chi connectivity index (χ1n) is 10.6. The monoisotopic (exact) mass is 412 g/mol. The smallest absolute Gasteiger partial charge is 0.204 e. The quantitative estimate of drug-likeness (QED) is 0.623. The van der Waals surface area contributed by atoms with Gasteiger partial charge in [0.2, 0.25) is 5.78 Å². The van der Waals surface area contributed by atoms with E-state index in [1.165, 1.54) is 5.56 Å². The molecule has 1 N–H and O–H groups in total. The zero-order valence-corrected chi connectivity index (χ0v) is 18.8. The van der Waals surface area contributed by atoms with Gasteiger partial charge in [0.15, 0.2) is 0 Å². The highest BCUT2D eigenvalue weighted by Gasteiger charge is 2.41. The van der Waals surface area contributed by atoms with E-state index in [1.54, 1.807) is 0 Å². The van der Waals surface area contributed by atoms with E-state index in [9.17, 15) is 9.90 Å². The van der Waals surface area contributed by atoms with Gasteiger partial charge in [0.25, 0.3) is 0 Å². The van der Waals surface area contributed by atoms with E-state index in [-0.39, 0.29) is 11.5 Å². The van der Waals surface area contributed by atoms with Crippen LogP contribution in [-0.2, 0) is 17.8 Å². The van der Waals surface area contributed by atoms with E-state index in [4.69, 9.17) is 0 Å². The minimum Gasteiger partial charge on any atom is -0.506 e. The highest BCUT2D eigenvalue weighted by atomic mass is 16.3. The Bertz CT molecular complexity index is 1250. The van der Waals surface area contributed by atoms with Crippen LogP contribution in [0.2, 0.25) is 0 Å². The number of ketones is 1. The Balaban J connectivity index is 1.85. The normalized spacial score (nSPS) is 18.3. The second-order valence-electron chi connectivity index (χ2n) is 8.28. The van der Waals surface area contributed by atoms with E-state index >= 15 is 0 Å². The third-order valence-corrected chi connectivity index (χ3v) is 6.32. The van der Waals surface area contributed by atoms with Gasteiger partial charge in [0.1, 0.15) is 5.76 Å². The molecule has 4 rings (SSSR count). The Kier molecular flexibility index (Phi) is 5.18. The fraction of sp³-hybridized carbons (Fsp3) is 0.259. The van der Waals surface area contributed by atoms with Crippen molar-refractivity contribution in [3.05, 3.63) is 93.2 Å². The third-order valence-electron chi connectivity index (χ3n) is 6.32. The van der Waals surface area contributed by atoms with Crippen LogP contribution in [0, 0.1) is 13.8 Å². The standard InChI is InChI=1S/C27H28N2O2/c1-7-19-9-11-20(12-10-19)14-29-18(6)21(8-2)17(5)25(29)23-26(30)22(27(23)31)24-15(3)13-16(4)28-24/h7,9-13,30H,1,8,14H2,2-6H3/b24-22-. The van der Waals surface area contributed by atoms with Gasteiger partial charge in [-0.1, -0.05) is 43.8 Å². The Morgan fingerprint density at radius 2 is 1.77 bits per heavy atom. The molecule has 0 amide bonds. The van der Waals surface area contributed by atoms with Crippen LogP contribution in [0.5, 0.6) is 0 Å². The summed E-state index contributed by atoms with van der Waals surface area (Å²) >= 11 is 0. The fourth-order valence-corrected chi connectivity index (χ4v) is 4.70. The molecule has 4 heteroatoms. The molecule has 158 valence electrons. The molecule has 1 aliphatic carbocycles. The SMILES string of the molecule is C=Cc1ccc(Cn2c(C)c(CC)c(C)c2C2=C(O)/C(=C3/N=C(C)C=C3C)C2=O)cc1. The summed E-state index contributed by atoms with van der Waals surface area (Å²) in [4.78, 5) is 17.7. The predicted octanol–water partition coefficient (Wildman–Crippen LogP) is 5.89. The van der Waals surface area contributed by atoms with Crippen molar-refractivity contribution in [3.8, 4) is 0 Å². The van der Waals surface area contributed by atoms with Crippen molar-refractivity contribution in [1.29, 1.82) is 0 Å². The lowest BCUT2D eigenvalue weighted by molar-refractivity contribution is -0.111. The molecular weight excluding hydrogens is 384 g/mol. The van der Waals surface area contributed by atoms with Crippen molar-refractivity contribution in [2.75, 3.05) is 0 Å². The van der Waals surface area contributed by atoms with E-state index in [2.05, 4.69) is 42.1 Å². The lowest BCUT2D eigenvalue weighted by Crippen LogP contribution is -2.25. The Morgan fingerprint density at radius 3 is 2.29 bits per heavy atom. The van der Waals surface area contributed by atoms with Gasteiger partial charge in [-0.05, 0) is 68.0 Å². The number of nitrogens with zero attached hydrogens (tertiary/aromatic N) is 2. The van der Waals surface area contributed by atoms with Crippen LogP contribution in [0.15, 0.2) is 64.5 Å². The van der Waals surface area contributed by atoms with Crippen LogP contribution in [-0.4, -0.2) is 21.2 Å². The minimum absolute atomic E-state index is 0.0534. The van der Waals surface area contributed by atoms with E-state index in [0.29, 0.717) is 23.4 Å². The van der Waals surface area contributed by atoms with Gasteiger partial charge < -0.3 is 9.67 Å². The first-order chi connectivity index (χ1) is 14.8. The number of benzene rings is 1. The molecule has 1 aromatic heterocycles. The maximum absolute atomic E-state index is 13.3. The lowest BCUT2D eigenvalue weighted by Gasteiger charge is -2.25. The van der Waals surface area contributed by atoms with E-state index in [0.717, 1.165) is 45.8 Å². The minimum atomic E-state index is -0.134. The number of allylic oxidation sites excluding steroid dienone is 4. The predicted molar refractivity (Wildman–Crippen MR) is 127 cm³/mol. The summed E-state index contributed by atoms with van der Waals surface area (Å²) in [6.45, 7) is 14.5. The number of carbonyl (C=O) groups is 1. The molecule has 0 unspecified atom stereocenters. The maximum atomic E-state index is 13.3.